The Morgan fingerprint density at radius 3 is 2.38 bits per heavy atom. The molecule has 0 bridgehead atoms. The van der Waals surface area contributed by atoms with Crippen LogP contribution in [0.3, 0.4) is 0 Å². The van der Waals surface area contributed by atoms with Crippen LogP contribution in [-0.4, -0.2) is 47.6 Å². The smallest absolute Gasteiger partial charge is 0.263 e. The molecule has 2 aliphatic heterocycles. The van der Waals surface area contributed by atoms with E-state index in [0.29, 0.717) is 35.4 Å². The summed E-state index contributed by atoms with van der Waals surface area (Å²) in [7, 11) is 1.55. The molecule has 1 aromatic heterocycles. The minimum absolute atomic E-state index is 0.187. The molecule has 1 fully saturated rings. The maximum atomic E-state index is 13.2. The first-order chi connectivity index (χ1) is 16.5. The van der Waals surface area contributed by atoms with E-state index in [2.05, 4.69) is 15.3 Å². The average Bonchev–Trinajstić information content (AvgIpc) is 3.50. The average molecular weight is 461 g/mol. The number of imide groups is 1. The summed E-state index contributed by atoms with van der Waals surface area (Å²) in [5, 5.41) is 9.68. The molecule has 10 nitrogen and oxygen atoms in total. The van der Waals surface area contributed by atoms with Crippen molar-refractivity contribution < 1.29 is 23.5 Å². The van der Waals surface area contributed by atoms with Gasteiger partial charge in [0, 0.05) is 5.56 Å². The zero-order valence-electron chi connectivity index (χ0n) is 19.0. The predicted molar refractivity (Wildman–Crippen MR) is 121 cm³/mol. The third kappa shape index (κ3) is 3.66. The highest BCUT2D eigenvalue weighted by atomic mass is 16.5. The molecular weight excluding hydrogens is 438 g/mol. The van der Waals surface area contributed by atoms with Gasteiger partial charge < -0.3 is 13.9 Å². The number of hydrogen-bond acceptors (Lipinski definition) is 9. The number of hydrogen-bond donors (Lipinski definition) is 0. The number of ether oxygens (including phenoxy) is 2. The van der Waals surface area contributed by atoms with Crippen molar-refractivity contribution >= 4 is 17.5 Å². The van der Waals surface area contributed by atoms with Crippen molar-refractivity contribution in [2.75, 3.05) is 18.6 Å². The Bertz CT molecular complexity index is 1250. The van der Waals surface area contributed by atoms with Gasteiger partial charge in [-0.05, 0) is 62.4 Å². The van der Waals surface area contributed by atoms with E-state index in [1.54, 1.807) is 38.3 Å². The molecule has 2 aliphatic rings. The Labute approximate surface area is 195 Å². The van der Waals surface area contributed by atoms with E-state index in [9.17, 15) is 9.59 Å². The minimum atomic E-state index is -0.882. The molecule has 2 amide bonds. The van der Waals surface area contributed by atoms with Crippen molar-refractivity contribution in [1.82, 2.24) is 9.99 Å². The molecular formula is C24H23N5O5. The standard InChI is InChI=1S/C24H23N5O5/c1-4-33-18-9-5-15(6-10-18)22-25-19(14(2)34-22)13-28-21-20(26-27-28)23(30)29(24(21)31)16-7-11-17(32-3)12-8-16/h5-12,20-21H,4,13H2,1-3H3/t20-,21+/m0/s1. The lowest BCUT2D eigenvalue weighted by atomic mass is 10.1. The molecule has 0 unspecified atom stereocenters. The van der Waals surface area contributed by atoms with Gasteiger partial charge in [0.1, 0.15) is 23.0 Å². The first kappa shape index (κ1) is 21.6. The van der Waals surface area contributed by atoms with Gasteiger partial charge in [0.2, 0.25) is 5.89 Å². The van der Waals surface area contributed by atoms with Crippen LogP contribution in [0.4, 0.5) is 5.69 Å². The summed E-state index contributed by atoms with van der Waals surface area (Å²) in [6, 6.07) is 12.5. The summed E-state index contributed by atoms with van der Waals surface area (Å²) < 4.78 is 16.5. The summed E-state index contributed by atoms with van der Waals surface area (Å²) in [4.78, 5) is 31.9. The van der Waals surface area contributed by atoms with E-state index < -0.39 is 18.0 Å². The highest BCUT2D eigenvalue weighted by molar-refractivity contribution is 6.25. The van der Waals surface area contributed by atoms with Crippen LogP contribution in [0.15, 0.2) is 63.3 Å². The third-order valence-electron chi connectivity index (χ3n) is 5.81. The van der Waals surface area contributed by atoms with Crippen molar-refractivity contribution in [3.8, 4) is 23.0 Å². The van der Waals surface area contributed by atoms with Gasteiger partial charge in [-0.2, -0.15) is 5.11 Å². The second kappa shape index (κ2) is 8.62. The highest BCUT2D eigenvalue weighted by Crippen LogP contribution is 2.34. The van der Waals surface area contributed by atoms with Crippen molar-refractivity contribution in [3.63, 3.8) is 0 Å². The summed E-state index contributed by atoms with van der Waals surface area (Å²) in [5.41, 5.74) is 1.89. The number of aryl methyl sites for hydroxylation is 1. The Morgan fingerprint density at radius 2 is 1.71 bits per heavy atom. The first-order valence-electron chi connectivity index (χ1n) is 10.9. The fourth-order valence-corrected chi connectivity index (χ4v) is 4.05. The normalized spacial score (nSPS) is 19.1. The highest BCUT2D eigenvalue weighted by Gasteiger charge is 2.54. The lowest BCUT2D eigenvalue weighted by molar-refractivity contribution is -0.123. The van der Waals surface area contributed by atoms with E-state index in [4.69, 9.17) is 13.9 Å². The second-order valence-corrected chi connectivity index (χ2v) is 7.88. The van der Waals surface area contributed by atoms with Crippen molar-refractivity contribution in [3.05, 3.63) is 60.0 Å². The fraction of sp³-hybridized carbons (Fsp3) is 0.292. The van der Waals surface area contributed by atoms with E-state index in [0.717, 1.165) is 16.2 Å². The van der Waals surface area contributed by atoms with Crippen LogP contribution in [0.1, 0.15) is 18.4 Å². The van der Waals surface area contributed by atoms with Gasteiger partial charge in [0.05, 0.1) is 25.9 Å². The number of fused-ring (bicyclic) bond motifs is 1. The zero-order chi connectivity index (χ0) is 23.8. The van der Waals surface area contributed by atoms with E-state index >= 15 is 0 Å². The molecule has 5 rings (SSSR count). The molecule has 2 aromatic carbocycles. The van der Waals surface area contributed by atoms with Gasteiger partial charge in [-0.25, -0.2) is 9.88 Å². The molecule has 3 aromatic rings. The van der Waals surface area contributed by atoms with Crippen LogP contribution in [0.25, 0.3) is 11.5 Å². The SMILES string of the molecule is CCOc1ccc(-c2nc(CN3N=N[C@@H]4C(=O)N(c5ccc(OC)cc5)C(=O)[C@@H]43)c(C)o2)cc1. The van der Waals surface area contributed by atoms with Gasteiger partial charge >= 0.3 is 0 Å². The van der Waals surface area contributed by atoms with Gasteiger partial charge in [-0.1, -0.05) is 5.22 Å². The Morgan fingerprint density at radius 1 is 1.00 bits per heavy atom. The lowest BCUT2D eigenvalue weighted by Crippen LogP contribution is -2.39. The van der Waals surface area contributed by atoms with Gasteiger partial charge in [0.25, 0.3) is 11.8 Å². The number of aromatic nitrogens is 1. The third-order valence-corrected chi connectivity index (χ3v) is 5.81. The van der Waals surface area contributed by atoms with Crippen molar-refractivity contribution in [2.24, 2.45) is 10.3 Å². The first-order valence-corrected chi connectivity index (χ1v) is 10.9. The second-order valence-electron chi connectivity index (χ2n) is 7.88. The molecule has 0 spiro atoms. The molecule has 10 heteroatoms. The Kier molecular flexibility index (Phi) is 5.48. The molecule has 0 N–H and O–H groups in total. The Hall–Kier alpha value is -4.21. The van der Waals surface area contributed by atoms with Gasteiger partial charge in [-0.15, -0.1) is 0 Å². The zero-order valence-corrected chi connectivity index (χ0v) is 19.0. The molecule has 174 valence electrons. The quantitative estimate of drug-likeness (QED) is 0.495. The summed E-state index contributed by atoms with van der Waals surface area (Å²) in [6.07, 6.45) is 0. The van der Waals surface area contributed by atoms with Gasteiger partial charge in [0.15, 0.2) is 12.1 Å². The van der Waals surface area contributed by atoms with Crippen LogP contribution < -0.4 is 14.4 Å². The molecule has 0 aliphatic carbocycles. The van der Waals surface area contributed by atoms with Crippen LogP contribution in [0.2, 0.25) is 0 Å². The molecule has 2 atom stereocenters. The summed E-state index contributed by atoms with van der Waals surface area (Å²) in [6.45, 7) is 4.50. The van der Waals surface area contributed by atoms with Crippen LogP contribution in [-0.2, 0) is 16.1 Å². The number of anilines is 1. The largest absolute Gasteiger partial charge is 0.497 e. The van der Waals surface area contributed by atoms with Crippen molar-refractivity contribution in [2.45, 2.75) is 32.5 Å². The molecule has 0 radical (unpaired) electrons. The molecule has 3 heterocycles. The topological polar surface area (TPSA) is 110 Å². The maximum Gasteiger partial charge on any atom is 0.263 e. The number of benzene rings is 2. The van der Waals surface area contributed by atoms with Crippen LogP contribution in [0.5, 0.6) is 11.5 Å². The maximum absolute atomic E-state index is 13.2. The lowest BCUT2D eigenvalue weighted by Gasteiger charge is -2.20. The van der Waals surface area contributed by atoms with Crippen LogP contribution >= 0.6 is 0 Å². The number of amides is 2. The molecule has 34 heavy (non-hydrogen) atoms. The minimum Gasteiger partial charge on any atom is -0.497 e. The van der Waals surface area contributed by atoms with Crippen molar-refractivity contribution in [1.29, 1.82) is 0 Å². The Balaban J connectivity index is 1.34. The van der Waals surface area contributed by atoms with E-state index in [1.807, 2.05) is 31.2 Å². The monoisotopic (exact) mass is 461 g/mol. The van der Waals surface area contributed by atoms with E-state index in [1.165, 1.54) is 5.01 Å². The fourth-order valence-electron chi connectivity index (χ4n) is 4.05. The number of oxazole rings is 1. The summed E-state index contributed by atoms with van der Waals surface area (Å²) >= 11 is 0. The number of carbonyl (C=O) groups is 2. The number of nitrogens with zero attached hydrogens (tertiary/aromatic N) is 5. The molecule has 0 saturated carbocycles. The number of carbonyl (C=O) groups excluding carboxylic acids is 2. The van der Waals surface area contributed by atoms with Crippen LogP contribution in [0, 0.1) is 6.92 Å². The van der Waals surface area contributed by atoms with Gasteiger partial charge in [-0.3, -0.25) is 14.6 Å². The van der Waals surface area contributed by atoms with E-state index in [-0.39, 0.29) is 12.5 Å². The predicted octanol–water partition coefficient (Wildman–Crippen LogP) is 3.55. The number of rotatable bonds is 7. The number of methoxy groups -OCH3 is 1. The molecule has 1 saturated heterocycles. The summed E-state index contributed by atoms with van der Waals surface area (Å²) in [5.74, 6) is 1.68.